The monoisotopic (exact) mass is 557 g/mol. The number of nitrogens with zero attached hydrogens (tertiary/aromatic N) is 4. The van der Waals surface area contributed by atoms with E-state index in [4.69, 9.17) is 23.8 Å². The van der Waals surface area contributed by atoms with E-state index in [-0.39, 0.29) is 17.8 Å². The molecule has 2 aromatic carbocycles. The minimum absolute atomic E-state index is 0.174. The van der Waals surface area contributed by atoms with Crippen LogP contribution in [0.1, 0.15) is 43.7 Å². The third-order valence-corrected chi connectivity index (χ3v) is 8.35. The van der Waals surface area contributed by atoms with E-state index in [1.54, 1.807) is 12.1 Å². The molecule has 6 rings (SSSR count). The SMILES string of the molecule is C[C@@H]1C[C@H](C)CN(c2ccc(N3C(=S)N[C@@H](c4ccccn4)[C@@H]3c3cccn3-c3ccc(O)cc3)cc2Cl)C1. The van der Waals surface area contributed by atoms with Crippen LogP contribution >= 0.6 is 23.8 Å². The Morgan fingerprint density at radius 3 is 2.38 bits per heavy atom. The summed E-state index contributed by atoms with van der Waals surface area (Å²) in [5.74, 6) is 1.50. The zero-order valence-electron chi connectivity index (χ0n) is 22.0. The van der Waals surface area contributed by atoms with Crippen molar-refractivity contribution in [3.63, 3.8) is 0 Å². The summed E-state index contributed by atoms with van der Waals surface area (Å²) in [5.41, 5.74) is 4.91. The lowest BCUT2D eigenvalue weighted by Gasteiger charge is -2.37. The molecule has 0 unspecified atom stereocenters. The van der Waals surface area contributed by atoms with Crippen molar-refractivity contribution in [2.24, 2.45) is 11.8 Å². The summed E-state index contributed by atoms with van der Waals surface area (Å²) >= 11 is 12.9. The Morgan fingerprint density at radius 1 is 0.949 bits per heavy atom. The van der Waals surface area contributed by atoms with Crippen LogP contribution in [0.15, 0.2) is 85.2 Å². The maximum absolute atomic E-state index is 9.85. The van der Waals surface area contributed by atoms with E-state index in [0.717, 1.165) is 46.6 Å². The number of pyridine rings is 1. The van der Waals surface area contributed by atoms with Gasteiger partial charge in [-0.25, -0.2) is 0 Å². The number of piperidine rings is 1. The predicted molar refractivity (Wildman–Crippen MR) is 162 cm³/mol. The standard InChI is InChI=1S/C31H32ClN5OS/c1-20-16-21(2)19-35(18-20)27-13-10-23(17-25(27)32)37-30(29(34-31(37)39)26-6-3-4-14-33-26)28-7-5-15-36(28)22-8-11-24(38)12-9-22/h3-15,17,20-21,29-30,38H,16,18-19H2,1-2H3,(H,34,39)/t20-,21+,29-,30-/m0/s1. The Balaban J connectivity index is 1.42. The topological polar surface area (TPSA) is 56.6 Å². The van der Waals surface area contributed by atoms with Crippen LogP contribution in [-0.4, -0.2) is 32.9 Å². The molecule has 4 atom stereocenters. The predicted octanol–water partition coefficient (Wildman–Crippen LogP) is 6.89. The van der Waals surface area contributed by atoms with Gasteiger partial charge in [-0.05, 0) is 97.2 Å². The molecule has 200 valence electrons. The van der Waals surface area contributed by atoms with Gasteiger partial charge in [-0.3, -0.25) is 4.98 Å². The number of phenolic OH excluding ortho intramolecular Hbond substituents is 1. The van der Waals surface area contributed by atoms with E-state index in [1.807, 2.05) is 54.9 Å². The number of phenols is 1. The van der Waals surface area contributed by atoms with Crippen LogP contribution in [0.3, 0.4) is 0 Å². The molecular formula is C31H32ClN5OS. The molecule has 6 nitrogen and oxygen atoms in total. The maximum atomic E-state index is 9.85. The number of thiocarbonyl (C=S) groups is 1. The minimum atomic E-state index is -0.187. The Kier molecular flexibility index (Phi) is 6.95. The summed E-state index contributed by atoms with van der Waals surface area (Å²) in [6.45, 7) is 6.64. The van der Waals surface area contributed by atoms with Gasteiger partial charge in [-0.2, -0.15) is 0 Å². The highest BCUT2D eigenvalue weighted by molar-refractivity contribution is 7.80. The van der Waals surface area contributed by atoms with E-state index < -0.39 is 0 Å². The molecule has 2 aliphatic heterocycles. The molecule has 2 N–H and O–H groups in total. The van der Waals surface area contributed by atoms with Crippen molar-refractivity contribution >= 4 is 40.3 Å². The summed E-state index contributed by atoms with van der Waals surface area (Å²) in [7, 11) is 0. The van der Waals surface area contributed by atoms with E-state index in [0.29, 0.717) is 16.9 Å². The van der Waals surface area contributed by atoms with Gasteiger partial charge in [0.15, 0.2) is 5.11 Å². The summed E-state index contributed by atoms with van der Waals surface area (Å²) < 4.78 is 2.13. The van der Waals surface area contributed by atoms with Crippen LogP contribution in [0.25, 0.3) is 5.69 Å². The lowest BCUT2D eigenvalue weighted by molar-refractivity contribution is 0.357. The third-order valence-electron chi connectivity index (χ3n) is 7.73. The molecule has 39 heavy (non-hydrogen) atoms. The van der Waals surface area contributed by atoms with Crippen molar-refractivity contribution in [1.29, 1.82) is 0 Å². The number of anilines is 2. The van der Waals surface area contributed by atoms with Crippen molar-refractivity contribution in [2.45, 2.75) is 32.4 Å². The molecule has 0 amide bonds. The molecule has 4 aromatic rings. The van der Waals surface area contributed by atoms with Crippen molar-refractivity contribution in [2.75, 3.05) is 22.9 Å². The van der Waals surface area contributed by atoms with Gasteiger partial charge in [0.05, 0.1) is 22.4 Å². The van der Waals surface area contributed by atoms with Gasteiger partial charge in [0.2, 0.25) is 0 Å². The third kappa shape index (κ3) is 4.97. The first-order chi connectivity index (χ1) is 18.9. The van der Waals surface area contributed by atoms with Gasteiger partial charge in [0, 0.05) is 42.6 Å². The molecule has 0 saturated carbocycles. The van der Waals surface area contributed by atoms with Crippen LogP contribution < -0.4 is 15.1 Å². The highest BCUT2D eigenvalue weighted by Gasteiger charge is 2.42. The summed E-state index contributed by atoms with van der Waals surface area (Å²) in [6, 6.07) is 23.2. The van der Waals surface area contributed by atoms with Crippen LogP contribution in [0.4, 0.5) is 11.4 Å². The van der Waals surface area contributed by atoms with E-state index in [9.17, 15) is 5.11 Å². The van der Waals surface area contributed by atoms with Crippen LogP contribution in [0, 0.1) is 11.8 Å². The van der Waals surface area contributed by atoms with E-state index in [2.05, 4.69) is 56.7 Å². The van der Waals surface area contributed by atoms with E-state index in [1.165, 1.54) is 6.42 Å². The van der Waals surface area contributed by atoms with Crippen molar-refractivity contribution in [3.05, 3.63) is 102 Å². The van der Waals surface area contributed by atoms with Crippen LogP contribution in [0.2, 0.25) is 5.02 Å². The van der Waals surface area contributed by atoms with Crippen LogP contribution in [-0.2, 0) is 0 Å². The first kappa shape index (κ1) is 25.7. The number of hydrogen-bond donors (Lipinski definition) is 2. The molecule has 0 aliphatic carbocycles. The van der Waals surface area contributed by atoms with Crippen molar-refractivity contribution in [3.8, 4) is 11.4 Å². The van der Waals surface area contributed by atoms with Crippen molar-refractivity contribution in [1.82, 2.24) is 14.9 Å². The largest absolute Gasteiger partial charge is 0.508 e. The molecule has 2 saturated heterocycles. The molecular weight excluding hydrogens is 526 g/mol. The molecule has 4 heterocycles. The average Bonchev–Trinajstić information content (AvgIpc) is 3.53. The first-order valence-corrected chi connectivity index (χ1v) is 14.2. The number of rotatable bonds is 5. The number of aromatic nitrogens is 2. The first-order valence-electron chi connectivity index (χ1n) is 13.4. The number of benzene rings is 2. The van der Waals surface area contributed by atoms with Gasteiger partial charge in [0.25, 0.3) is 0 Å². The second-order valence-electron chi connectivity index (χ2n) is 10.8. The highest BCUT2D eigenvalue weighted by Crippen LogP contribution is 2.44. The zero-order valence-corrected chi connectivity index (χ0v) is 23.6. The molecule has 8 heteroatoms. The minimum Gasteiger partial charge on any atom is -0.508 e. The number of aromatic hydroxyl groups is 1. The highest BCUT2D eigenvalue weighted by atomic mass is 35.5. The molecule has 0 radical (unpaired) electrons. The quantitative estimate of drug-likeness (QED) is 0.261. The molecule has 2 aliphatic rings. The molecule has 0 spiro atoms. The second kappa shape index (κ2) is 10.5. The fraction of sp³-hybridized carbons (Fsp3) is 0.290. The number of nitrogens with one attached hydrogen (secondary N) is 1. The van der Waals surface area contributed by atoms with Gasteiger partial charge >= 0.3 is 0 Å². The lowest BCUT2D eigenvalue weighted by atomic mass is 9.91. The Hall–Kier alpha value is -3.55. The molecule has 2 fully saturated rings. The Labute approximate surface area is 239 Å². The van der Waals surface area contributed by atoms with Gasteiger partial charge in [-0.15, -0.1) is 0 Å². The Bertz CT molecular complexity index is 1460. The number of halogens is 1. The van der Waals surface area contributed by atoms with E-state index >= 15 is 0 Å². The van der Waals surface area contributed by atoms with Gasteiger partial charge < -0.3 is 24.8 Å². The smallest absolute Gasteiger partial charge is 0.174 e. The summed E-state index contributed by atoms with van der Waals surface area (Å²) in [4.78, 5) is 9.24. The fourth-order valence-electron chi connectivity index (χ4n) is 6.18. The van der Waals surface area contributed by atoms with Crippen LogP contribution in [0.5, 0.6) is 5.75 Å². The fourth-order valence-corrected chi connectivity index (χ4v) is 6.82. The second-order valence-corrected chi connectivity index (χ2v) is 11.6. The summed E-state index contributed by atoms with van der Waals surface area (Å²) in [6.07, 6.45) is 5.09. The maximum Gasteiger partial charge on any atom is 0.174 e. The Morgan fingerprint density at radius 2 is 1.69 bits per heavy atom. The lowest BCUT2D eigenvalue weighted by Crippen LogP contribution is -2.38. The zero-order chi connectivity index (χ0) is 27.1. The molecule has 2 aromatic heterocycles. The average molecular weight is 558 g/mol. The van der Waals surface area contributed by atoms with Gasteiger partial charge in [0.1, 0.15) is 11.8 Å². The molecule has 0 bridgehead atoms. The number of hydrogen-bond acceptors (Lipinski definition) is 4. The van der Waals surface area contributed by atoms with Gasteiger partial charge in [-0.1, -0.05) is 31.5 Å². The van der Waals surface area contributed by atoms with Crippen molar-refractivity contribution < 1.29 is 5.11 Å². The normalized spacial score (nSPS) is 23.2. The summed E-state index contributed by atoms with van der Waals surface area (Å²) in [5, 5.41) is 14.7.